The number of Topliss-reactive ketones (excluding diaryl/α,β-unsaturated/α-hetero) is 1. The summed E-state index contributed by atoms with van der Waals surface area (Å²) in [5.74, 6) is -0.236. The number of rotatable bonds is 20. The predicted molar refractivity (Wildman–Crippen MR) is 112 cm³/mol. The van der Waals surface area contributed by atoms with Gasteiger partial charge in [0.1, 0.15) is 5.78 Å². The maximum atomic E-state index is 11.8. The zero-order chi connectivity index (χ0) is 20.2. The third kappa shape index (κ3) is 19.7. The summed E-state index contributed by atoms with van der Waals surface area (Å²) in [7, 11) is 1.30. The Labute approximate surface area is 167 Å². The molecule has 0 saturated heterocycles. The number of unbranched alkanes of at least 4 members (excludes halogenated alkanes) is 13. The smallest absolute Gasteiger partial charge is 0.308 e. The lowest BCUT2D eigenvalue weighted by atomic mass is 10.0. The lowest BCUT2D eigenvalue weighted by Gasteiger charge is -2.08. The fourth-order valence-electron chi connectivity index (χ4n) is 3.35. The van der Waals surface area contributed by atoms with E-state index in [1.807, 2.05) is 0 Å². The molecule has 1 N–H and O–H groups in total. The van der Waals surface area contributed by atoms with Crippen LogP contribution in [0, 0.1) is 0 Å². The molecule has 0 heterocycles. The number of ether oxygens (including phenoxy) is 1. The van der Waals surface area contributed by atoms with Crippen LogP contribution < -0.4 is 0 Å². The topological polar surface area (TPSA) is 63.6 Å². The maximum Gasteiger partial charge on any atom is 0.308 e. The molecule has 0 amide bonds. The van der Waals surface area contributed by atoms with E-state index in [0.717, 1.165) is 12.8 Å². The quantitative estimate of drug-likeness (QED) is 0.202. The number of esters is 1. The summed E-state index contributed by atoms with van der Waals surface area (Å²) in [4.78, 5) is 22.8. The summed E-state index contributed by atoms with van der Waals surface area (Å²) in [6, 6.07) is 0. The van der Waals surface area contributed by atoms with Gasteiger partial charge in [-0.3, -0.25) is 9.59 Å². The van der Waals surface area contributed by atoms with Gasteiger partial charge in [-0.05, 0) is 12.8 Å². The van der Waals surface area contributed by atoms with Gasteiger partial charge in [-0.25, -0.2) is 0 Å². The molecular weight excluding hydrogens is 340 g/mol. The van der Waals surface area contributed by atoms with Crippen molar-refractivity contribution in [2.75, 3.05) is 7.11 Å². The number of carbonyl (C=O) groups is 2. The molecule has 0 spiro atoms. The Hall–Kier alpha value is -0.900. The van der Waals surface area contributed by atoms with Crippen molar-refractivity contribution in [2.24, 2.45) is 0 Å². The first-order valence-corrected chi connectivity index (χ1v) is 11.4. The van der Waals surface area contributed by atoms with Crippen molar-refractivity contribution in [3.05, 3.63) is 0 Å². The minimum absolute atomic E-state index is 0.0252. The van der Waals surface area contributed by atoms with E-state index in [4.69, 9.17) is 0 Å². The van der Waals surface area contributed by atoms with Crippen LogP contribution in [-0.2, 0) is 14.3 Å². The normalized spacial score (nSPS) is 12.1. The fraction of sp³-hybridized carbons (Fsp3) is 0.913. The van der Waals surface area contributed by atoms with E-state index < -0.39 is 12.1 Å². The van der Waals surface area contributed by atoms with Crippen molar-refractivity contribution in [3.63, 3.8) is 0 Å². The second-order valence-corrected chi connectivity index (χ2v) is 7.86. The highest BCUT2D eigenvalue weighted by Gasteiger charge is 2.12. The molecule has 0 fully saturated rings. The zero-order valence-electron chi connectivity index (χ0n) is 18.0. The van der Waals surface area contributed by atoms with Crippen LogP contribution in [0.2, 0.25) is 0 Å². The molecule has 0 aliphatic rings. The molecule has 160 valence electrons. The molecule has 4 nitrogen and oxygen atoms in total. The van der Waals surface area contributed by atoms with Crippen molar-refractivity contribution in [2.45, 2.75) is 129 Å². The van der Waals surface area contributed by atoms with E-state index in [1.165, 1.54) is 84.2 Å². The van der Waals surface area contributed by atoms with Crippen LogP contribution >= 0.6 is 0 Å². The first-order valence-electron chi connectivity index (χ1n) is 11.4. The largest absolute Gasteiger partial charge is 0.469 e. The lowest BCUT2D eigenvalue weighted by molar-refractivity contribution is -0.143. The monoisotopic (exact) mass is 384 g/mol. The van der Waals surface area contributed by atoms with Crippen molar-refractivity contribution in [3.8, 4) is 0 Å². The van der Waals surface area contributed by atoms with Gasteiger partial charge in [-0.2, -0.15) is 0 Å². The standard InChI is InChI=1S/C23H44O4/c1-3-4-5-6-7-8-9-10-11-12-13-14-15-16-17-21(24)18-19-22(25)20-23(26)27-2/h22,25H,3-20H2,1-2H3/t22-/m1/s1. The summed E-state index contributed by atoms with van der Waals surface area (Å²) < 4.78 is 4.50. The molecule has 0 radical (unpaired) electrons. The van der Waals surface area contributed by atoms with Gasteiger partial charge in [-0.1, -0.05) is 90.4 Å². The molecule has 0 unspecified atom stereocenters. The average molecular weight is 385 g/mol. The molecule has 0 aromatic rings. The molecule has 0 aromatic heterocycles. The van der Waals surface area contributed by atoms with E-state index in [1.54, 1.807) is 0 Å². The number of ketones is 1. The third-order valence-electron chi connectivity index (χ3n) is 5.20. The Balaban J connectivity index is 3.27. The Morgan fingerprint density at radius 2 is 1.19 bits per heavy atom. The van der Waals surface area contributed by atoms with Crippen molar-refractivity contribution in [1.82, 2.24) is 0 Å². The van der Waals surface area contributed by atoms with Crippen LogP contribution in [0.1, 0.15) is 122 Å². The molecule has 0 aromatic carbocycles. The van der Waals surface area contributed by atoms with Gasteiger partial charge in [0.2, 0.25) is 0 Å². The van der Waals surface area contributed by atoms with E-state index in [-0.39, 0.29) is 12.2 Å². The highest BCUT2D eigenvalue weighted by Crippen LogP contribution is 2.14. The van der Waals surface area contributed by atoms with Crippen LogP contribution in [0.25, 0.3) is 0 Å². The molecule has 1 atom stereocenters. The molecule has 27 heavy (non-hydrogen) atoms. The van der Waals surface area contributed by atoms with Crippen LogP contribution in [-0.4, -0.2) is 30.1 Å². The molecular formula is C23H44O4. The number of aliphatic hydroxyl groups is 1. The number of carbonyl (C=O) groups excluding carboxylic acids is 2. The van der Waals surface area contributed by atoms with E-state index in [9.17, 15) is 14.7 Å². The van der Waals surface area contributed by atoms with Gasteiger partial charge in [0.15, 0.2) is 0 Å². The van der Waals surface area contributed by atoms with Crippen molar-refractivity contribution in [1.29, 1.82) is 0 Å². The second-order valence-electron chi connectivity index (χ2n) is 7.86. The van der Waals surface area contributed by atoms with E-state index >= 15 is 0 Å². The van der Waals surface area contributed by atoms with Crippen molar-refractivity contribution >= 4 is 11.8 Å². The van der Waals surface area contributed by atoms with Crippen LogP contribution in [0.4, 0.5) is 0 Å². The summed E-state index contributed by atoms with van der Waals surface area (Å²) in [5, 5.41) is 9.64. The molecule has 0 aliphatic heterocycles. The summed E-state index contributed by atoms with van der Waals surface area (Å²) in [6.07, 6.45) is 18.9. The van der Waals surface area contributed by atoms with Gasteiger partial charge < -0.3 is 9.84 Å². The predicted octanol–water partition coefficient (Wildman–Crippen LogP) is 6.13. The molecule has 4 heteroatoms. The van der Waals surface area contributed by atoms with Gasteiger partial charge >= 0.3 is 5.97 Å². The fourth-order valence-corrected chi connectivity index (χ4v) is 3.35. The Kier molecular flexibility index (Phi) is 19.2. The first kappa shape index (κ1) is 26.1. The van der Waals surface area contributed by atoms with Crippen LogP contribution in [0.3, 0.4) is 0 Å². The Morgan fingerprint density at radius 3 is 1.63 bits per heavy atom. The first-order chi connectivity index (χ1) is 13.1. The van der Waals surface area contributed by atoms with Crippen LogP contribution in [0.5, 0.6) is 0 Å². The molecule has 0 saturated carbocycles. The van der Waals surface area contributed by atoms with Crippen molar-refractivity contribution < 1.29 is 19.4 Å². The number of hydrogen-bond acceptors (Lipinski definition) is 4. The summed E-state index contributed by atoms with van der Waals surface area (Å²) in [5.41, 5.74) is 0. The molecule has 0 bridgehead atoms. The summed E-state index contributed by atoms with van der Waals surface area (Å²) >= 11 is 0. The van der Waals surface area contributed by atoms with E-state index in [0.29, 0.717) is 19.3 Å². The highest BCUT2D eigenvalue weighted by molar-refractivity contribution is 5.78. The minimum Gasteiger partial charge on any atom is -0.469 e. The highest BCUT2D eigenvalue weighted by atomic mass is 16.5. The maximum absolute atomic E-state index is 11.8. The molecule has 0 aliphatic carbocycles. The van der Waals surface area contributed by atoms with Crippen LogP contribution in [0.15, 0.2) is 0 Å². The van der Waals surface area contributed by atoms with Gasteiger partial charge in [-0.15, -0.1) is 0 Å². The van der Waals surface area contributed by atoms with Gasteiger partial charge in [0.25, 0.3) is 0 Å². The average Bonchev–Trinajstić information content (AvgIpc) is 2.66. The van der Waals surface area contributed by atoms with Gasteiger partial charge in [0.05, 0.1) is 19.6 Å². The molecule has 0 rings (SSSR count). The zero-order valence-corrected chi connectivity index (χ0v) is 18.0. The summed E-state index contributed by atoms with van der Waals surface area (Å²) in [6.45, 7) is 2.26. The Bertz CT molecular complexity index is 354. The van der Waals surface area contributed by atoms with Gasteiger partial charge in [0, 0.05) is 12.8 Å². The number of aliphatic hydroxyl groups excluding tert-OH is 1. The number of hydrogen-bond donors (Lipinski definition) is 1. The second kappa shape index (κ2) is 19.9. The van der Waals surface area contributed by atoms with E-state index in [2.05, 4.69) is 11.7 Å². The lowest BCUT2D eigenvalue weighted by Crippen LogP contribution is -2.16. The SMILES string of the molecule is CCCCCCCCCCCCCCCCC(=O)CC[C@@H](O)CC(=O)OC. The third-order valence-corrected chi connectivity index (χ3v) is 5.20. The minimum atomic E-state index is -0.766. The number of methoxy groups -OCH3 is 1. The Morgan fingerprint density at radius 1 is 0.741 bits per heavy atom.